The van der Waals surface area contributed by atoms with E-state index in [-0.39, 0.29) is 12.4 Å². The van der Waals surface area contributed by atoms with Crippen molar-refractivity contribution in [2.45, 2.75) is 13.8 Å². The Bertz CT molecular complexity index is 644. The average molecular weight is 284 g/mol. The summed E-state index contributed by atoms with van der Waals surface area (Å²) in [5, 5.41) is 0. The molecule has 21 heavy (non-hydrogen) atoms. The van der Waals surface area contributed by atoms with E-state index >= 15 is 0 Å². The van der Waals surface area contributed by atoms with Gasteiger partial charge in [0.2, 0.25) is 0 Å². The quantitative estimate of drug-likeness (QED) is 0.481. The number of carbonyl (C=O) groups is 2. The molecule has 0 aliphatic carbocycles. The van der Waals surface area contributed by atoms with Crippen molar-refractivity contribution in [1.29, 1.82) is 0 Å². The molecule has 4 heteroatoms. The van der Waals surface area contributed by atoms with Gasteiger partial charge >= 0.3 is 5.97 Å². The summed E-state index contributed by atoms with van der Waals surface area (Å²) in [4.78, 5) is 22.8. The summed E-state index contributed by atoms with van der Waals surface area (Å²) in [5.74, 6) is 0.522. The summed E-state index contributed by atoms with van der Waals surface area (Å²) < 4.78 is 10.5. The van der Waals surface area contributed by atoms with Gasteiger partial charge in [0.25, 0.3) is 0 Å². The molecule has 0 bridgehead atoms. The number of Topliss-reactive ketones (excluding diaryl/α,β-unsaturated/α-hetero) is 1. The standard InChI is InChI=1S/C17H16O4/c1-12-4-3-5-16(10-12)21-17(19)11-20-15-8-6-14(7-9-15)13(2)18/h3-10H,11H2,1-2H3. The molecule has 2 rings (SSSR count). The molecule has 0 aliphatic heterocycles. The minimum Gasteiger partial charge on any atom is -0.482 e. The Balaban J connectivity index is 1.87. The molecule has 0 N–H and O–H groups in total. The van der Waals surface area contributed by atoms with Crippen LogP contribution in [0.5, 0.6) is 11.5 Å². The maximum absolute atomic E-state index is 11.7. The van der Waals surface area contributed by atoms with E-state index in [9.17, 15) is 9.59 Å². The fraction of sp³-hybridized carbons (Fsp3) is 0.176. The second kappa shape index (κ2) is 6.70. The van der Waals surface area contributed by atoms with Crippen LogP contribution in [0.2, 0.25) is 0 Å². The zero-order valence-corrected chi connectivity index (χ0v) is 12.0. The molecule has 0 spiro atoms. The van der Waals surface area contributed by atoms with Gasteiger partial charge in [-0.25, -0.2) is 4.79 Å². The molecule has 4 nitrogen and oxygen atoms in total. The van der Waals surface area contributed by atoms with Crippen LogP contribution in [0, 0.1) is 6.92 Å². The van der Waals surface area contributed by atoms with Crippen LogP contribution in [0.1, 0.15) is 22.8 Å². The minimum absolute atomic E-state index is 0.0135. The number of benzene rings is 2. The number of carbonyl (C=O) groups excluding carboxylic acids is 2. The van der Waals surface area contributed by atoms with E-state index in [1.165, 1.54) is 6.92 Å². The van der Waals surface area contributed by atoms with E-state index < -0.39 is 5.97 Å². The van der Waals surface area contributed by atoms with Crippen molar-refractivity contribution in [3.8, 4) is 11.5 Å². The van der Waals surface area contributed by atoms with Crippen molar-refractivity contribution in [2.24, 2.45) is 0 Å². The highest BCUT2D eigenvalue weighted by Gasteiger charge is 2.07. The SMILES string of the molecule is CC(=O)c1ccc(OCC(=O)Oc2cccc(C)c2)cc1. The highest BCUT2D eigenvalue weighted by atomic mass is 16.6. The Morgan fingerprint density at radius 1 is 1.00 bits per heavy atom. The Labute approximate surface area is 123 Å². The Morgan fingerprint density at radius 3 is 2.33 bits per heavy atom. The molecule has 2 aromatic carbocycles. The predicted octanol–water partition coefficient (Wildman–Crippen LogP) is 3.18. The van der Waals surface area contributed by atoms with Crippen LogP contribution in [-0.2, 0) is 4.79 Å². The van der Waals surface area contributed by atoms with Crippen LogP contribution in [0.25, 0.3) is 0 Å². The third kappa shape index (κ3) is 4.45. The van der Waals surface area contributed by atoms with E-state index in [1.807, 2.05) is 19.1 Å². The average Bonchev–Trinajstić information content (AvgIpc) is 2.45. The molecule has 0 radical (unpaired) electrons. The molecular formula is C17H16O4. The summed E-state index contributed by atoms with van der Waals surface area (Å²) >= 11 is 0. The molecule has 2 aromatic rings. The normalized spacial score (nSPS) is 10.0. The summed E-state index contributed by atoms with van der Waals surface area (Å²) in [6.45, 7) is 3.23. The molecule has 0 aliphatic rings. The second-order valence-electron chi connectivity index (χ2n) is 4.66. The van der Waals surface area contributed by atoms with E-state index in [0.717, 1.165) is 5.56 Å². The highest BCUT2D eigenvalue weighted by Crippen LogP contribution is 2.14. The van der Waals surface area contributed by atoms with E-state index in [2.05, 4.69) is 0 Å². The van der Waals surface area contributed by atoms with E-state index in [0.29, 0.717) is 17.1 Å². The van der Waals surface area contributed by atoms with Gasteiger partial charge in [0.15, 0.2) is 12.4 Å². The van der Waals surface area contributed by atoms with Gasteiger partial charge in [-0.1, -0.05) is 12.1 Å². The number of hydrogen-bond acceptors (Lipinski definition) is 4. The predicted molar refractivity (Wildman–Crippen MR) is 78.8 cm³/mol. The van der Waals surface area contributed by atoms with Crippen LogP contribution < -0.4 is 9.47 Å². The fourth-order valence-electron chi connectivity index (χ4n) is 1.77. The molecule has 0 saturated carbocycles. The zero-order valence-electron chi connectivity index (χ0n) is 12.0. The van der Waals surface area contributed by atoms with Crippen molar-refractivity contribution in [3.63, 3.8) is 0 Å². The van der Waals surface area contributed by atoms with E-state index in [1.54, 1.807) is 36.4 Å². The van der Waals surface area contributed by atoms with Gasteiger partial charge in [0, 0.05) is 5.56 Å². The molecule has 0 aromatic heterocycles. The Hall–Kier alpha value is -2.62. The maximum atomic E-state index is 11.7. The Kier molecular flexibility index (Phi) is 4.72. The van der Waals surface area contributed by atoms with Gasteiger partial charge < -0.3 is 9.47 Å². The number of ketones is 1. The number of ether oxygens (including phenoxy) is 2. The lowest BCUT2D eigenvalue weighted by molar-refractivity contribution is -0.136. The number of rotatable bonds is 5. The summed E-state index contributed by atoms with van der Waals surface area (Å²) in [6.07, 6.45) is 0. The van der Waals surface area contributed by atoms with Gasteiger partial charge in [0.05, 0.1) is 0 Å². The molecule has 0 saturated heterocycles. The monoisotopic (exact) mass is 284 g/mol. The number of hydrogen-bond donors (Lipinski definition) is 0. The number of esters is 1. The maximum Gasteiger partial charge on any atom is 0.349 e. The first-order chi connectivity index (χ1) is 10.0. The molecule has 108 valence electrons. The lowest BCUT2D eigenvalue weighted by Gasteiger charge is -2.07. The molecule has 0 atom stereocenters. The van der Waals surface area contributed by atoms with Crippen LogP contribution in [-0.4, -0.2) is 18.4 Å². The van der Waals surface area contributed by atoms with Crippen molar-refractivity contribution in [3.05, 3.63) is 59.7 Å². The summed E-state index contributed by atoms with van der Waals surface area (Å²) in [5.41, 5.74) is 1.62. The van der Waals surface area contributed by atoms with Crippen LogP contribution >= 0.6 is 0 Å². The van der Waals surface area contributed by atoms with Crippen molar-refractivity contribution in [2.75, 3.05) is 6.61 Å². The second-order valence-corrected chi connectivity index (χ2v) is 4.66. The topological polar surface area (TPSA) is 52.6 Å². The number of aryl methyl sites for hydroxylation is 1. The first kappa shape index (κ1) is 14.8. The van der Waals surface area contributed by atoms with Gasteiger partial charge in [-0.05, 0) is 55.8 Å². The first-order valence-corrected chi connectivity index (χ1v) is 6.56. The van der Waals surface area contributed by atoms with Crippen LogP contribution in [0.3, 0.4) is 0 Å². The minimum atomic E-state index is -0.476. The molecule has 0 amide bonds. The van der Waals surface area contributed by atoms with Crippen molar-refractivity contribution >= 4 is 11.8 Å². The molecular weight excluding hydrogens is 268 g/mol. The molecule has 0 unspecified atom stereocenters. The van der Waals surface area contributed by atoms with Gasteiger partial charge in [-0.15, -0.1) is 0 Å². The van der Waals surface area contributed by atoms with Gasteiger partial charge in [-0.2, -0.15) is 0 Å². The summed E-state index contributed by atoms with van der Waals surface area (Å²) in [6, 6.07) is 13.8. The summed E-state index contributed by atoms with van der Waals surface area (Å²) in [7, 11) is 0. The van der Waals surface area contributed by atoms with Crippen molar-refractivity contribution < 1.29 is 19.1 Å². The van der Waals surface area contributed by atoms with Gasteiger partial charge in [0.1, 0.15) is 11.5 Å². The highest BCUT2D eigenvalue weighted by molar-refractivity contribution is 5.94. The Morgan fingerprint density at radius 2 is 1.71 bits per heavy atom. The first-order valence-electron chi connectivity index (χ1n) is 6.56. The molecule has 0 heterocycles. The van der Waals surface area contributed by atoms with Crippen LogP contribution in [0.15, 0.2) is 48.5 Å². The lowest BCUT2D eigenvalue weighted by Crippen LogP contribution is -2.17. The lowest BCUT2D eigenvalue weighted by atomic mass is 10.1. The zero-order chi connectivity index (χ0) is 15.2. The third-order valence-electron chi connectivity index (χ3n) is 2.84. The van der Waals surface area contributed by atoms with Gasteiger partial charge in [-0.3, -0.25) is 4.79 Å². The molecule has 0 fully saturated rings. The van der Waals surface area contributed by atoms with Crippen molar-refractivity contribution in [1.82, 2.24) is 0 Å². The fourth-order valence-corrected chi connectivity index (χ4v) is 1.77. The largest absolute Gasteiger partial charge is 0.482 e. The van der Waals surface area contributed by atoms with E-state index in [4.69, 9.17) is 9.47 Å². The smallest absolute Gasteiger partial charge is 0.349 e. The van der Waals surface area contributed by atoms with Crippen LogP contribution in [0.4, 0.5) is 0 Å². The third-order valence-corrected chi connectivity index (χ3v) is 2.84.